The lowest BCUT2D eigenvalue weighted by Gasteiger charge is -2.24. The molecular weight excluding hydrogens is 364 g/mol. The first-order valence-corrected chi connectivity index (χ1v) is 9.30. The number of hydrazine groups is 1. The van der Waals surface area contributed by atoms with Gasteiger partial charge < -0.3 is 4.74 Å². The van der Waals surface area contributed by atoms with E-state index in [1.165, 1.54) is 5.01 Å². The van der Waals surface area contributed by atoms with E-state index >= 15 is 0 Å². The third-order valence-corrected chi connectivity index (χ3v) is 4.31. The summed E-state index contributed by atoms with van der Waals surface area (Å²) in [6.45, 7) is 1.87. The van der Waals surface area contributed by atoms with Crippen molar-refractivity contribution in [2.75, 3.05) is 11.6 Å². The second-order valence-corrected chi connectivity index (χ2v) is 6.21. The van der Waals surface area contributed by atoms with E-state index in [0.29, 0.717) is 16.8 Å². The maximum absolute atomic E-state index is 13.5. The van der Waals surface area contributed by atoms with E-state index in [-0.39, 0.29) is 23.7 Å². The van der Waals surface area contributed by atoms with Gasteiger partial charge in [0.2, 0.25) is 0 Å². The summed E-state index contributed by atoms with van der Waals surface area (Å²) in [5.74, 6) is 5.37. The summed E-state index contributed by atoms with van der Waals surface area (Å²) in [7, 11) is 0. The van der Waals surface area contributed by atoms with E-state index in [1.807, 2.05) is 18.2 Å². The van der Waals surface area contributed by atoms with Crippen molar-refractivity contribution in [1.82, 2.24) is 0 Å². The van der Waals surface area contributed by atoms with Crippen molar-refractivity contribution in [3.8, 4) is 0 Å². The summed E-state index contributed by atoms with van der Waals surface area (Å²) >= 11 is 0. The third kappa shape index (κ3) is 4.59. The number of carbonyl (C=O) groups excluding carboxylic acids is 2. The van der Waals surface area contributed by atoms with E-state index < -0.39 is 5.97 Å². The summed E-state index contributed by atoms with van der Waals surface area (Å²) in [6.07, 6.45) is 0. The number of Topliss-reactive ketones (excluding diaryl/α,β-unsaturated/α-hetero) is 1. The van der Waals surface area contributed by atoms with Gasteiger partial charge in [0.05, 0.1) is 17.9 Å². The summed E-state index contributed by atoms with van der Waals surface area (Å²) in [6, 6.07) is 26.8. The van der Waals surface area contributed by atoms with Crippen molar-refractivity contribution in [3.63, 3.8) is 0 Å². The zero-order chi connectivity index (χ0) is 20.6. The lowest BCUT2D eigenvalue weighted by atomic mass is 9.94. The van der Waals surface area contributed by atoms with Crippen LogP contribution in [0.4, 0.5) is 5.69 Å². The molecule has 0 aliphatic heterocycles. The number of hydrogen-bond donors (Lipinski definition) is 1. The quantitative estimate of drug-likeness (QED) is 0.216. The second kappa shape index (κ2) is 9.48. The van der Waals surface area contributed by atoms with Gasteiger partial charge >= 0.3 is 5.97 Å². The van der Waals surface area contributed by atoms with Crippen molar-refractivity contribution in [2.24, 2.45) is 5.84 Å². The van der Waals surface area contributed by atoms with Crippen LogP contribution in [0.3, 0.4) is 0 Å². The van der Waals surface area contributed by atoms with Crippen molar-refractivity contribution in [2.45, 2.75) is 6.92 Å². The molecule has 5 nitrogen and oxygen atoms in total. The van der Waals surface area contributed by atoms with Gasteiger partial charge in [0.15, 0.2) is 11.5 Å². The molecule has 146 valence electrons. The van der Waals surface area contributed by atoms with Crippen LogP contribution in [0.15, 0.2) is 96.7 Å². The number of esters is 1. The molecule has 0 fully saturated rings. The number of benzene rings is 3. The lowest BCUT2D eigenvalue weighted by Crippen LogP contribution is -2.36. The molecule has 0 amide bonds. The van der Waals surface area contributed by atoms with Crippen LogP contribution in [0, 0.1) is 0 Å². The van der Waals surface area contributed by atoms with Crippen LogP contribution >= 0.6 is 0 Å². The molecule has 0 spiro atoms. The Morgan fingerprint density at radius 3 is 1.79 bits per heavy atom. The van der Waals surface area contributed by atoms with Gasteiger partial charge in [0.1, 0.15) is 0 Å². The molecule has 0 atom stereocenters. The third-order valence-electron chi connectivity index (χ3n) is 4.31. The second-order valence-electron chi connectivity index (χ2n) is 6.21. The highest BCUT2D eigenvalue weighted by Crippen LogP contribution is 2.28. The Morgan fingerprint density at radius 2 is 1.28 bits per heavy atom. The Labute approximate surface area is 170 Å². The maximum Gasteiger partial charge on any atom is 0.357 e. The first-order chi connectivity index (χ1) is 14.1. The van der Waals surface area contributed by atoms with E-state index in [1.54, 1.807) is 79.7 Å². The molecule has 5 heteroatoms. The number of nitrogens with zero attached hydrogens (tertiary/aromatic N) is 1. The zero-order valence-corrected chi connectivity index (χ0v) is 16.1. The normalized spacial score (nSPS) is 11.4. The minimum Gasteiger partial charge on any atom is -0.461 e. The standard InChI is InChI=1S/C24H22N2O3/c1-2-29-24(28)22(26(25)20-16-10-5-11-17-20)21(18-12-6-3-7-13-18)23(27)19-14-8-4-9-15-19/h3-17H,2,25H2,1H3. The SMILES string of the molecule is CCOC(=O)C(=C(C(=O)c1ccccc1)c1ccccc1)N(N)c1ccccc1. The Bertz CT molecular complexity index is 1000. The fourth-order valence-electron chi connectivity index (χ4n) is 2.95. The predicted octanol–water partition coefficient (Wildman–Crippen LogP) is 4.22. The van der Waals surface area contributed by atoms with Crippen molar-refractivity contribution < 1.29 is 14.3 Å². The predicted molar refractivity (Wildman–Crippen MR) is 114 cm³/mol. The highest BCUT2D eigenvalue weighted by molar-refractivity contribution is 6.33. The van der Waals surface area contributed by atoms with Crippen LogP contribution in [0.2, 0.25) is 0 Å². The minimum atomic E-state index is -0.665. The molecule has 0 unspecified atom stereocenters. The average molecular weight is 386 g/mol. The molecule has 0 radical (unpaired) electrons. The van der Waals surface area contributed by atoms with Gasteiger partial charge in [-0.3, -0.25) is 9.80 Å². The van der Waals surface area contributed by atoms with Crippen LogP contribution < -0.4 is 10.9 Å². The van der Waals surface area contributed by atoms with Gasteiger partial charge in [-0.05, 0) is 24.6 Å². The van der Waals surface area contributed by atoms with Crippen LogP contribution in [0.25, 0.3) is 5.57 Å². The Balaban J connectivity index is 2.27. The van der Waals surface area contributed by atoms with Gasteiger partial charge in [-0.15, -0.1) is 0 Å². The smallest absolute Gasteiger partial charge is 0.357 e. The number of allylic oxidation sites excluding steroid dienone is 1. The number of para-hydroxylation sites is 1. The fraction of sp³-hybridized carbons (Fsp3) is 0.0833. The molecule has 3 rings (SSSR count). The minimum absolute atomic E-state index is 0.0156. The van der Waals surface area contributed by atoms with E-state index in [2.05, 4.69) is 0 Å². The van der Waals surface area contributed by atoms with Gasteiger partial charge in [-0.1, -0.05) is 78.9 Å². The highest BCUT2D eigenvalue weighted by atomic mass is 16.5. The number of anilines is 1. The molecule has 0 aromatic heterocycles. The van der Waals surface area contributed by atoms with Gasteiger partial charge in [0, 0.05) is 5.56 Å². The molecule has 0 saturated carbocycles. The van der Waals surface area contributed by atoms with Crippen LogP contribution in [-0.2, 0) is 9.53 Å². The Kier molecular flexibility index (Phi) is 6.55. The molecular formula is C24H22N2O3. The number of ether oxygens (including phenoxy) is 1. The monoisotopic (exact) mass is 386 g/mol. The van der Waals surface area contributed by atoms with E-state index in [9.17, 15) is 9.59 Å². The summed E-state index contributed by atoms with van der Waals surface area (Å²) in [5, 5.41) is 1.21. The Hall–Kier alpha value is -3.70. The molecule has 29 heavy (non-hydrogen) atoms. The lowest BCUT2D eigenvalue weighted by molar-refractivity contribution is -0.138. The van der Waals surface area contributed by atoms with Gasteiger partial charge in [-0.25, -0.2) is 10.6 Å². The first kappa shape index (κ1) is 20.0. The number of hydrogen-bond acceptors (Lipinski definition) is 5. The van der Waals surface area contributed by atoms with Crippen molar-refractivity contribution in [3.05, 3.63) is 108 Å². The highest BCUT2D eigenvalue weighted by Gasteiger charge is 2.28. The Morgan fingerprint density at radius 1 is 0.793 bits per heavy atom. The van der Waals surface area contributed by atoms with Gasteiger partial charge in [-0.2, -0.15) is 0 Å². The molecule has 0 aliphatic carbocycles. The molecule has 0 saturated heterocycles. The summed E-state index contributed by atoms with van der Waals surface area (Å²) in [4.78, 5) is 26.4. The first-order valence-electron chi connectivity index (χ1n) is 9.30. The number of nitrogens with two attached hydrogens (primary N) is 1. The van der Waals surface area contributed by atoms with Crippen molar-refractivity contribution in [1.29, 1.82) is 0 Å². The van der Waals surface area contributed by atoms with Crippen LogP contribution in [0.1, 0.15) is 22.8 Å². The summed E-state index contributed by atoms with van der Waals surface area (Å²) in [5.41, 5.74) is 1.76. The van der Waals surface area contributed by atoms with Crippen LogP contribution in [0.5, 0.6) is 0 Å². The molecule has 0 heterocycles. The summed E-state index contributed by atoms with van der Waals surface area (Å²) < 4.78 is 5.26. The van der Waals surface area contributed by atoms with E-state index in [0.717, 1.165) is 0 Å². The zero-order valence-electron chi connectivity index (χ0n) is 16.1. The van der Waals surface area contributed by atoms with Crippen LogP contribution in [-0.4, -0.2) is 18.4 Å². The maximum atomic E-state index is 13.5. The van der Waals surface area contributed by atoms with E-state index in [4.69, 9.17) is 10.6 Å². The number of carbonyl (C=O) groups is 2. The number of ketones is 1. The molecule has 3 aromatic rings. The fourth-order valence-corrected chi connectivity index (χ4v) is 2.95. The van der Waals surface area contributed by atoms with Gasteiger partial charge in [0.25, 0.3) is 0 Å². The molecule has 0 bridgehead atoms. The molecule has 3 aromatic carbocycles. The topological polar surface area (TPSA) is 72.6 Å². The molecule has 2 N–H and O–H groups in total. The average Bonchev–Trinajstić information content (AvgIpc) is 2.78. The number of rotatable bonds is 7. The van der Waals surface area contributed by atoms with Crippen molar-refractivity contribution >= 4 is 23.0 Å². The largest absolute Gasteiger partial charge is 0.461 e. The molecule has 0 aliphatic rings.